The Bertz CT molecular complexity index is 688. The standard InChI is InChI=1S/C13H7Cl4NO2/c1-20-13(19)8-2-6(14)5-18-12(8)7-3-10(16)11(17)4-9(7)15/h2-5H,1H3. The molecule has 0 aliphatic rings. The van der Waals surface area contributed by atoms with Crippen LogP contribution in [0.5, 0.6) is 0 Å². The highest BCUT2D eigenvalue weighted by atomic mass is 35.5. The number of benzene rings is 1. The smallest absolute Gasteiger partial charge is 0.340 e. The van der Waals surface area contributed by atoms with E-state index in [2.05, 4.69) is 4.98 Å². The van der Waals surface area contributed by atoms with E-state index in [1.807, 2.05) is 0 Å². The fourth-order valence-corrected chi connectivity index (χ4v) is 2.42. The number of esters is 1. The summed E-state index contributed by atoms with van der Waals surface area (Å²) in [5.41, 5.74) is 0.989. The number of ether oxygens (including phenoxy) is 1. The molecule has 0 N–H and O–H groups in total. The number of nitrogens with zero attached hydrogens (tertiary/aromatic N) is 1. The van der Waals surface area contributed by atoms with Crippen LogP contribution in [0.2, 0.25) is 20.1 Å². The lowest BCUT2D eigenvalue weighted by atomic mass is 10.1. The van der Waals surface area contributed by atoms with Crippen LogP contribution in [0.1, 0.15) is 10.4 Å². The molecule has 20 heavy (non-hydrogen) atoms. The summed E-state index contributed by atoms with van der Waals surface area (Å²) >= 11 is 23.8. The Morgan fingerprint density at radius 1 is 1.05 bits per heavy atom. The van der Waals surface area contributed by atoms with Crippen LogP contribution in [-0.4, -0.2) is 18.1 Å². The second kappa shape index (κ2) is 6.19. The summed E-state index contributed by atoms with van der Waals surface area (Å²) in [5.74, 6) is -0.572. The van der Waals surface area contributed by atoms with Gasteiger partial charge in [-0.3, -0.25) is 4.98 Å². The van der Waals surface area contributed by atoms with Gasteiger partial charge in [0.25, 0.3) is 0 Å². The van der Waals surface area contributed by atoms with Gasteiger partial charge in [0, 0.05) is 11.8 Å². The minimum atomic E-state index is -0.572. The van der Waals surface area contributed by atoms with Gasteiger partial charge >= 0.3 is 5.97 Å². The molecule has 0 bridgehead atoms. The first kappa shape index (κ1) is 15.4. The molecule has 1 aromatic carbocycles. The Morgan fingerprint density at radius 2 is 1.70 bits per heavy atom. The Kier molecular flexibility index (Phi) is 4.76. The lowest BCUT2D eigenvalue weighted by Gasteiger charge is -2.10. The molecule has 0 unspecified atom stereocenters. The molecule has 0 aliphatic heterocycles. The molecule has 3 nitrogen and oxygen atoms in total. The molecule has 1 aromatic heterocycles. The van der Waals surface area contributed by atoms with E-state index in [9.17, 15) is 4.79 Å². The molecule has 104 valence electrons. The van der Waals surface area contributed by atoms with Crippen molar-refractivity contribution < 1.29 is 9.53 Å². The van der Waals surface area contributed by atoms with Crippen LogP contribution < -0.4 is 0 Å². The summed E-state index contributed by atoms with van der Waals surface area (Å²) in [6.45, 7) is 0. The maximum atomic E-state index is 11.8. The number of halogens is 4. The largest absolute Gasteiger partial charge is 0.465 e. The summed E-state index contributed by atoms with van der Waals surface area (Å²) in [6.07, 6.45) is 1.40. The molecule has 1 heterocycles. The first-order chi connectivity index (χ1) is 9.43. The van der Waals surface area contributed by atoms with Gasteiger partial charge in [-0.05, 0) is 18.2 Å². The topological polar surface area (TPSA) is 39.2 Å². The van der Waals surface area contributed by atoms with Crippen LogP contribution in [0.25, 0.3) is 11.3 Å². The Hall–Kier alpha value is -1.000. The van der Waals surface area contributed by atoms with Crippen molar-refractivity contribution in [1.29, 1.82) is 0 Å². The van der Waals surface area contributed by atoms with E-state index < -0.39 is 5.97 Å². The maximum absolute atomic E-state index is 11.8. The van der Waals surface area contributed by atoms with Gasteiger partial charge in [0.15, 0.2) is 0 Å². The number of rotatable bonds is 2. The van der Waals surface area contributed by atoms with Crippen molar-refractivity contribution in [3.63, 3.8) is 0 Å². The third-order valence-electron chi connectivity index (χ3n) is 2.52. The molecule has 0 spiro atoms. The molecule has 0 saturated carbocycles. The van der Waals surface area contributed by atoms with Crippen molar-refractivity contribution in [2.24, 2.45) is 0 Å². The van der Waals surface area contributed by atoms with Crippen LogP contribution in [0.3, 0.4) is 0 Å². The number of aromatic nitrogens is 1. The number of methoxy groups -OCH3 is 1. The third-order valence-corrected chi connectivity index (χ3v) is 3.77. The lowest BCUT2D eigenvalue weighted by molar-refractivity contribution is 0.0601. The number of carbonyl (C=O) groups excluding carboxylic acids is 1. The fraction of sp³-hybridized carbons (Fsp3) is 0.0769. The van der Waals surface area contributed by atoms with E-state index in [0.29, 0.717) is 31.3 Å². The zero-order chi connectivity index (χ0) is 14.9. The lowest BCUT2D eigenvalue weighted by Crippen LogP contribution is -2.05. The van der Waals surface area contributed by atoms with Crippen molar-refractivity contribution in [2.75, 3.05) is 7.11 Å². The van der Waals surface area contributed by atoms with Gasteiger partial charge in [0.05, 0.1) is 38.5 Å². The molecule has 0 fully saturated rings. The highest BCUT2D eigenvalue weighted by Gasteiger charge is 2.18. The maximum Gasteiger partial charge on any atom is 0.340 e. The summed E-state index contributed by atoms with van der Waals surface area (Å²) in [6, 6.07) is 4.47. The normalized spacial score (nSPS) is 10.4. The van der Waals surface area contributed by atoms with Gasteiger partial charge in [-0.25, -0.2) is 4.79 Å². The Balaban J connectivity index is 2.69. The molecule has 7 heteroatoms. The molecule has 0 amide bonds. The monoisotopic (exact) mass is 349 g/mol. The third kappa shape index (κ3) is 3.01. The summed E-state index contributed by atoms with van der Waals surface area (Å²) < 4.78 is 4.71. The highest BCUT2D eigenvalue weighted by molar-refractivity contribution is 6.44. The molecule has 0 atom stereocenters. The molecule has 2 aromatic rings. The van der Waals surface area contributed by atoms with Gasteiger partial charge in [0.2, 0.25) is 0 Å². The van der Waals surface area contributed by atoms with Crippen LogP contribution in [0.15, 0.2) is 24.4 Å². The quantitative estimate of drug-likeness (QED) is 0.555. The van der Waals surface area contributed by atoms with E-state index in [0.717, 1.165) is 0 Å². The van der Waals surface area contributed by atoms with E-state index in [1.165, 1.54) is 31.5 Å². The number of hydrogen-bond acceptors (Lipinski definition) is 3. The van der Waals surface area contributed by atoms with Crippen molar-refractivity contribution in [1.82, 2.24) is 4.98 Å². The van der Waals surface area contributed by atoms with Crippen molar-refractivity contribution in [2.45, 2.75) is 0 Å². The molecule has 0 radical (unpaired) electrons. The van der Waals surface area contributed by atoms with Crippen molar-refractivity contribution in [3.05, 3.63) is 50.0 Å². The molecular weight excluding hydrogens is 344 g/mol. The average molecular weight is 351 g/mol. The first-order valence-electron chi connectivity index (χ1n) is 5.32. The molecule has 2 rings (SSSR count). The van der Waals surface area contributed by atoms with Crippen LogP contribution in [0, 0.1) is 0 Å². The Labute approximate surface area is 135 Å². The summed E-state index contributed by atoms with van der Waals surface area (Å²) in [5, 5.41) is 1.25. The Morgan fingerprint density at radius 3 is 2.35 bits per heavy atom. The zero-order valence-electron chi connectivity index (χ0n) is 10.1. The van der Waals surface area contributed by atoms with Crippen LogP contribution in [-0.2, 0) is 4.74 Å². The van der Waals surface area contributed by atoms with Gasteiger partial charge in [0.1, 0.15) is 0 Å². The summed E-state index contributed by atoms with van der Waals surface area (Å²) in [4.78, 5) is 15.9. The van der Waals surface area contributed by atoms with E-state index in [-0.39, 0.29) is 5.56 Å². The SMILES string of the molecule is COC(=O)c1cc(Cl)cnc1-c1cc(Cl)c(Cl)cc1Cl. The van der Waals surface area contributed by atoms with Gasteiger partial charge < -0.3 is 4.74 Å². The van der Waals surface area contributed by atoms with Gasteiger partial charge in [-0.15, -0.1) is 0 Å². The predicted octanol–water partition coefficient (Wildman–Crippen LogP) is 5.15. The minimum absolute atomic E-state index is 0.195. The van der Waals surface area contributed by atoms with E-state index >= 15 is 0 Å². The highest BCUT2D eigenvalue weighted by Crippen LogP contribution is 2.36. The molecule has 0 saturated heterocycles. The first-order valence-corrected chi connectivity index (χ1v) is 6.84. The second-order valence-corrected chi connectivity index (χ2v) is 5.45. The average Bonchev–Trinajstić information content (AvgIpc) is 2.42. The van der Waals surface area contributed by atoms with Crippen LogP contribution >= 0.6 is 46.4 Å². The number of pyridine rings is 1. The second-order valence-electron chi connectivity index (χ2n) is 3.79. The number of hydrogen-bond donors (Lipinski definition) is 0. The van der Waals surface area contributed by atoms with Crippen molar-refractivity contribution in [3.8, 4) is 11.3 Å². The predicted molar refractivity (Wildman–Crippen MR) is 81.1 cm³/mol. The minimum Gasteiger partial charge on any atom is -0.465 e. The van der Waals surface area contributed by atoms with E-state index in [1.54, 1.807) is 0 Å². The van der Waals surface area contributed by atoms with Gasteiger partial charge in [-0.2, -0.15) is 0 Å². The van der Waals surface area contributed by atoms with Gasteiger partial charge in [-0.1, -0.05) is 46.4 Å². The van der Waals surface area contributed by atoms with Crippen molar-refractivity contribution >= 4 is 52.4 Å². The molecular formula is C13H7Cl4NO2. The fourth-order valence-electron chi connectivity index (χ4n) is 1.62. The zero-order valence-corrected chi connectivity index (χ0v) is 13.1. The van der Waals surface area contributed by atoms with Crippen LogP contribution in [0.4, 0.5) is 0 Å². The molecule has 0 aliphatic carbocycles. The van der Waals surface area contributed by atoms with E-state index in [4.69, 9.17) is 51.1 Å². The summed E-state index contributed by atoms with van der Waals surface area (Å²) in [7, 11) is 1.27. The number of carbonyl (C=O) groups is 1.